The van der Waals surface area contributed by atoms with Gasteiger partial charge >= 0.3 is 0 Å². The normalized spacial score (nSPS) is 27.8. The average molecular weight is 227 g/mol. The number of nitrogens with two attached hydrogens (primary N) is 1. The zero-order valence-electron chi connectivity index (χ0n) is 11.7. The molecule has 0 aliphatic carbocycles. The lowest BCUT2D eigenvalue weighted by Gasteiger charge is -2.35. The summed E-state index contributed by atoms with van der Waals surface area (Å²) in [5.41, 5.74) is 6.48. The Balaban J connectivity index is 2.52. The summed E-state index contributed by atoms with van der Waals surface area (Å²) in [6.45, 7) is 13.6. The summed E-state index contributed by atoms with van der Waals surface area (Å²) in [5.74, 6) is 0. The zero-order valence-corrected chi connectivity index (χ0v) is 11.7. The predicted octanol–water partition coefficient (Wildman–Crippen LogP) is 1.39. The predicted molar refractivity (Wildman–Crippen MR) is 70.6 cm³/mol. The van der Waals surface area contributed by atoms with Crippen LogP contribution in [0.25, 0.3) is 0 Å². The molecule has 0 aromatic rings. The third kappa shape index (κ3) is 4.04. The van der Waals surface area contributed by atoms with Gasteiger partial charge in [0.1, 0.15) is 0 Å². The highest BCUT2D eigenvalue weighted by Crippen LogP contribution is 2.19. The van der Waals surface area contributed by atoms with Crippen molar-refractivity contribution >= 4 is 0 Å². The van der Waals surface area contributed by atoms with Gasteiger partial charge in [0, 0.05) is 25.2 Å². The maximum atomic E-state index is 6.27. The summed E-state index contributed by atoms with van der Waals surface area (Å²) >= 11 is 0. The Morgan fingerprint density at radius 2 is 1.94 bits per heavy atom. The summed E-state index contributed by atoms with van der Waals surface area (Å²) in [5, 5.41) is 0. The molecule has 1 aliphatic rings. The van der Waals surface area contributed by atoms with Gasteiger partial charge in [-0.3, -0.25) is 4.90 Å². The number of likely N-dealkylation sites (N-methyl/N-ethyl adjacent to an activating group) is 1. The first kappa shape index (κ1) is 13.9. The first-order valence-electron chi connectivity index (χ1n) is 6.49. The van der Waals surface area contributed by atoms with Crippen molar-refractivity contribution in [1.29, 1.82) is 0 Å². The maximum Gasteiger partial charge on any atom is 0.0217 e. The fourth-order valence-electron chi connectivity index (χ4n) is 2.22. The Hall–Kier alpha value is -0.120. The maximum absolute atomic E-state index is 6.27. The quantitative estimate of drug-likeness (QED) is 0.774. The third-order valence-corrected chi connectivity index (χ3v) is 3.73. The van der Waals surface area contributed by atoms with Gasteiger partial charge < -0.3 is 10.6 Å². The summed E-state index contributed by atoms with van der Waals surface area (Å²) in [6.07, 6.45) is 1.26. The van der Waals surface area contributed by atoms with Gasteiger partial charge in [0.05, 0.1) is 0 Å². The molecular weight excluding hydrogens is 198 g/mol. The molecule has 0 saturated carbocycles. The van der Waals surface area contributed by atoms with Crippen LogP contribution in [0.1, 0.15) is 34.1 Å². The average Bonchev–Trinajstić information content (AvgIpc) is 2.27. The van der Waals surface area contributed by atoms with E-state index in [9.17, 15) is 0 Å². The van der Waals surface area contributed by atoms with E-state index in [4.69, 9.17) is 5.73 Å². The van der Waals surface area contributed by atoms with Crippen LogP contribution in [0.5, 0.6) is 0 Å². The molecule has 1 aliphatic heterocycles. The van der Waals surface area contributed by atoms with Crippen molar-refractivity contribution in [2.24, 2.45) is 11.1 Å². The first-order chi connectivity index (χ1) is 7.30. The van der Waals surface area contributed by atoms with Crippen LogP contribution in [0, 0.1) is 5.41 Å². The van der Waals surface area contributed by atoms with Gasteiger partial charge in [0.25, 0.3) is 0 Å². The van der Waals surface area contributed by atoms with Crippen molar-refractivity contribution in [3.05, 3.63) is 0 Å². The monoisotopic (exact) mass is 227 g/mol. The van der Waals surface area contributed by atoms with Gasteiger partial charge in [0.15, 0.2) is 0 Å². The standard InChI is InChI=1S/C13H29N3/c1-11-9-15(5)7-6-8-16(11)10-12(14)13(2,3)4/h11-12H,6-10,14H2,1-5H3. The lowest BCUT2D eigenvalue weighted by atomic mass is 9.87. The lowest BCUT2D eigenvalue weighted by Crippen LogP contribution is -2.49. The van der Waals surface area contributed by atoms with E-state index in [-0.39, 0.29) is 11.5 Å². The molecule has 3 nitrogen and oxygen atoms in total. The van der Waals surface area contributed by atoms with Crippen molar-refractivity contribution in [2.75, 3.05) is 33.2 Å². The first-order valence-corrected chi connectivity index (χ1v) is 6.49. The van der Waals surface area contributed by atoms with E-state index in [1.54, 1.807) is 0 Å². The van der Waals surface area contributed by atoms with Crippen LogP contribution < -0.4 is 5.73 Å². The Morgan fingerprint density at radius 1 is 1.31 bits per heavy atom. The van der Waals surface area contributed by atoms with E-state index >= 15 is 0 Å². The fraction of sp³-hybridized carbons (Fsp3) is 1.00. The molecule has 1 saturated heterocycles. The molecule has 0 aromatic carbocycles. The molecule has 3 heteroatoms. The van der Waals surface area contributed by atoms with Crippen molar-refractivity contribution in [1.82, 2.24) is 9.80 Å². The second kappa shape index (κ2) is 5.48. The van der Waals surface area contributed by atoms with Crippen LogP contribution in [0.4, 0.5) is 0 Å². The fourth-order valence-corrected chi connectivity index (χ4v) is 2.22. The Bertz CT molecular complexity index is 210. The number of nitrogens with zero attached hydrogens (tertiary/aromatic N) is 2. The smallest absolute Gasteiger partial charge is 0.0217 e. The topological polar surface area (TPSA) is 32.5 Å². The van der Waals surface area contributed by atoms with E-state index in [0.29, 0.717) is 6.04 Å². The molecule has 0 aromatic heterocycles. The van der Waals surface area contributed by atoms with Crippen molar-refractivity contribution < 1.29 is 0 Å². The molecule has 96 valence electrons. The van der Waals surface area contributed by atoms with Gasteiger partial charge in [-0.2, -0.15) is 0 Å². The van der Waals surface area contributed by atoms with Crippen LogP contribution >= 0.6 is 0 Å². The third-order valence-electron chi connectivity index (χ3n) is 3.73. The summed E-state index contributed by atoms with van der Waals surface area (Å²) in [4.78, 5) is 4.98. The highest BCUT2D eigenvalue weighted by atomic mass is 15.2. The van der Waals surface area contributed by atoms with E-state index in [2.05, 4.69) is 44.5 Å². The Labute approximate surface area is 101 Å². The molecule has 0 spiro atoms. The van der Waals surface area contributed by atoms with Gasteiger partial charge in [0.2, 0.25) is 0 Å². The van der Waals surface area contributed by atoms with Gasteiger partial charge in [-0.05, 0) is 38.9 Å². The largest absolute Gasteiger partial charge is 0.326 e. The van der Waals surface area contributed by atoms with Crippen molar-refractivity contribution in [3.8, 4) is 0 Å². The van der Waals surface area contributed by atoms with Crippen LogP contribution in [0.2, 0.25) is 0 Å². The Kier molecular flexibility index (Phi) is 4.77. The summed E-state index contributed by atoms with van der Waals surface area (Å²) in [7, 11) is 2.21. The molecule has 2 unspecified atom stereocenters. The lowest BCUT2D eigenvalue weighted by molar-refractivity contribution is 0.157. The highest BCUT2D eigenvalue weighted by Gasteiger charge is 2.26. The van der Waals surface area contributed by atoms with E-state index in [1.165, 1.54) is 19.5 Å². The van der Waals surface area contributed by atoms with Crippen molar-refractivity contribution in [2.45, 2.75) is 46.2 Å². The second-order valence-electron chi connectivity index (χ2n) is 6.43. The zero-order chi connectivity index (χ0) is 12.3. The second-order valence-corrected chi connectivity index (χ2v) is 6.43. The van der Waals surface area contributed by atoms with Crippen LogP contribution in [0.3, 0.4) is 0 Å². The highest BCUT2D eigenvalue weighted by molar-refractivity contribution is 4.84. The molecule has 1 heterocycles. The summed E-state index contributed by atoms with van der Waals surface area (Å²) in [6, 6.07) is 0.888. The Morgan fingerprint density at radius 3 is 2.50 bits per heavy atom. The van der Waals surface area contributed by atoms with Crippen LogP contribution in [-0.4, -0.2) is 55.1 Å². The molecule has 0 bridgehead atoms. The molecule has 16 heavy (non-hydrogen) atoms. The summed E-state index contributed by atoms with van der Waals surface area (Å²) < 4.78 is 0. The molecule has 2 atom stereocenters. The molecule has 0 amide bonds. The van der Waals surface area contributed by atoms with E-state index in [1.807, 2.05) is 0 Å². The van der Waals surface area contributed by atoms with Crippen molar-refractivity contribution in [3.63, 3.8) is 0 Å². The van der Waals surface area contributed by atoms with Crippen LogP contribution in [-0.2, 0) is 0 Å². The minimum atomic E-state index is 0.206. The van der Waals surface area contributed by atoms with Gasteiger partial charge in [-0.1, -0.05) is 20.8 Å². The molecule has 1 rings (SSSR count). The molecular formula is C13H29N3. The van der Waals surface area contributed by atoms with E-state index < -0.39 is 0 Å². The number of rotatable bonds is 2. The number of hydrogen-bond acceptors (Lipinski definition) is 3. The molecule has 1 fully saturated rings. The SMILES string of the molecule is CC1CN(C)CCCN1CC(N)C(C)(C)C. The molecule has 2 N–H and O–H groups in total. The van der Waals surface area contributed by atoms with Crippen LogP contribution in [0.15, 0.2) is 0 Å². The minimum absolute atomic E-state index is 0.206. The minimum Gasteiger partial charge on any atom is -0.326 e. The van der Waals surface area contributed by atoms with Gasteiger partial charge in [-0.15, -0.1) is 0 Å². The van der Waals surface area contributed by atoms with Gasteiger partial charge in [-0.25, -0.2) is 0 Å². The number of hydrogen-bond donors (Lipinski definition) is 1. The van der Waals surface area contributed by atoms with E-state index in [0.717, 1.165) is 13.1 Å². The molecule has 0 radical (unpaired) electrons.